The average molecular weight is 230 g/mol. The molecule has 0 spiro atoms. The Labute approximate surface area is 101 Å². The van der Waals surface area contributed by atoms with Crippen LogP contribution in [0, 0.1) is 6.92 Å². The van der Waals surface area contributed by atoms with Crippen LogP contribution in [0.4, 0.5) is 0 Å². The van der Waals surface area contributed by atoms with E-state index < -0.39 is 5.54 Å². The van der Waals surface area contributed by atoms with E-state index in [1.54, 1.807) is 4.68 Å². The van der Waals surface area contributed by atoms with Gasteiger partial charge in [-0.3, -0.25) is 4.68 Å². The van der Waals surface area contributed by atoms with E-state index in [2.05, 4.69) is 29.4 Å². The van der Waals surface area contributed by atoms with Gasteiger partial charge in [-0.05, 0) is 25.0 Å². The first kappa shape index (κ1) is 11.8. The van der Waals surface area contributed by atoms with Crippen LogP contribution in [0.2, 0.25) is 0 Å². The van der Waals surface area contributed by atoms with Gasteiger partial charge in [0, 0.05) is 25.2 Å². The number of rotatable bonds is 3. The minimum atomic E-state index is -0.415. The monoisotopic (exact) mass is 230 g/mol. The summed E-state index contributed by atoms with van der Waals surface area (Å²) in [6, 6.07) is 8.20. The number of benzene rings is 1. The summed E-state index contributed by atoms with van der Waals surface area (Å²) in [5.74, 6) is 0. The smallest absolute Gasteiger partial charge is 0.0848 e. The van der Waals surface area contributed by atoms with Gasteiger partial charge in [0.2, 0.25) is 0 Å². The molecule has 0 radical (unpaired) electrons. The van der Waals surface area contributed by atoms with Crippen LogP contribution in [-0.2, 0) is 19.0 Å². The Balaban J connectivity index is 2.27. The van der Waals surface area contributed by atoms with Gasteiger partial charge in [0.05, 0.1) is 5.69 Å². The minimum absolute atomic E-state index is 0.415. The molecule has 4 heteroatoms. The maximum absolute atomic E-state index is 6.40. The summed E-state index contributed by atoms with van der Waals surface area (Å²) >= 11 is 0. The minimum Gasteiger partial charge on any atom is -0.321 e. The lowest BCUT2D eigenvalue weighted by Crippen LogP contribution is -2.36. The van der Waals surface area contributed by atoms with Crippen LogP contribution in [0.3, 0.4) is 0 Å². The van der Waals surface area contributed by atoms with Crippen molar-refractivity contribution in [1.29, 1.82) is 0 Å². The van der Waals surface area contributed by atoms with E-state index in [0.29, 0.717) is 6.42 Å². The standard InChI is InChI=1S/C13H18N4/c1-10-6-4-5-7-12(10)13(2,14)8-11-9-17(3)16-15-11/h4-7,9H,8,14H2,1-3H3. The molecule has 0 saturated carbocycles. The fraction of sp³-hybridized carbons (Fsp3) is 0.385. The summed E-state index contributed by atoms with van der Waals surface area (Å²) in [5.41, 5.74) is 9.27. The van der Waals surface area contributed by atoms with Crippen molar-refractivity contribution in [3.05, 3.63) is 47.3 Å². The second-order valence-electron chi connectivity index (χ2n) is 4.79. The molecule has 1 unspecified atom stereocenters. The maximum Gasteiger partial charge on any atom is 0.0848 e. The zero-order valence-electron chi connectivity index (χ0n) is 10.5. The van der Waals surface area contributed by atoms with E-state index in [1.165, 1.54) is 5.56 Å². The molecular formula is C13H18N4. The van der Waals surface area contributed by atoms with Gasteiger partial charge in [-0.2, -0.15) is 0 Å². The Morgan fingerprint density at radius 2 is 2.06 bits per heavy atom. The highest BCUT2D eigenvalue weighted by Gasteiger charge is 2.24. The van der Waals surface area contributed by atoms with Crippen molar-refractivity contribution in [3.63, 3.8) is 0 Å². The predicted octanol–water partition coefficient (Wildman–Crippen LogP) is 1.54. The van der Waals surface area contributed by atoms with Gasteiger partial charge >= 0.3 is 0 Å². The number of aryl methyl sites for hydroxylation is 2. The van der Waals surface area contributed by atoms with Crippen LogP contribution < -0.4 is 5.73 Å². The van der Waals surface area contributed by atoms with Gasteiger partial charge in [-0.1, -0.05) is 29.5 Å². The van der Waals surface area contributed by atoms with Crippen molar-refractivity contribution in [1.82, 2.24) is 15.0 Å². The van der Waals surface area contributed by atoms with E-state index in [4.69, 9.17) is 5.73 Å². The summed E-state index contributed by atoms with van der Waals surface area (Å²) in [7, 11) is 1.86. The van der Waals surface area contributed by atoms with Crippen LogP contribution in [0.15, 0.2) is 30.5 Å². The quantitative estimate of drug-likeness (QED) is 0.870. The molecule has 2 aromatic rings. The first-order chi connectivity index (χ1) is 7.99. The highest BCUT2D eigenvalue weighted by Crippen LogP contribution is 2.24. The number of hydrogen-bond acceptors (Lipinski definition) is 3. The number of hydrogen-bond donors (Lipinski definition) is 1. The maximum atomic E-state index is 6.40. The van der Waals surface area contributed by atoms with E-state index >= 15 is 0 Å². The second kappa shape index (κ2) is 4.30. The van der Waals surface area contributed by atoms with E-state index in [-0.39, 0.29) is 0 Å². The molecule has 0 saturated heterocycles. The van der Waals surface area contributed by atoms with Gasteiger partial charge in [0.1, 0.15) is 0 Å². The molecule has 90 valence electrons. The van der Waals surface area contributed by atoms with Crippen molar-refractivity contribution >= 4 is 0 Å². The molecule has 2 N–H and O–H groups in total. The molecule has 0 bridgehead atoms. The van der Waals surface area contributed by atoms with Crippen molar-refractivity contribution in [2.24, 2.45) is 12.8 Å². The SMILES string of the molecule is Cc1ccccc1C(C)(N)Cc1cn(C)nn1. The number of aromatic nitrogens is 3. The Morgan fingerprint density at radius 1 is 1.35 bits per heavy atom. The average Bonchev–Trinajstić information content (AvgIpc) is 2.63. The van der Waals surface area contributed by atoms with Crippen molar-refractivity contribution in [2.75, 3.05) is 0 Å². The third-order valence-corrected chi connectivity index (χ3v) is 2.96. The Hall–Kier alpha value is -1.68. The lowest BCUT2D eigenvalue weighted by atomic mass is 9.86. The number of nitrogens with zero attached hydrogens (tertiary/aromatic N) is 3. The summed E-state index contributed by atoms with van der Waals surface area (Å²) < 4.78 is 1.70. The van der Waals surface area contributed by atoms with E-state index in [0.717, 1.165) is 11.3 Å². The Kier molecular flexibility index (Phi) is 2.98. The van der Waals surface area contributed by atoms with Crippen LogP contribution >= 0.6 is 0 Å². The van der Waals surface area contributed by atoms with E-state index in [9.17, 15) is 0 Å². The fourth-order valence-corrected chi connectivity index (χ4v) is 2.16. The van der Waals surface area contributed by atoms with Gasteiger partial charge in [-0.15, -0.1) is 5.10 Å². The Bertz CT molecular complexity index is 514. The molecule has 1 heterocycles. The third kappa shape index (κ3) is 2.53. The number of nitrogens with two attached hydrogens (primary N) is 1. The molecule has 1 atom stereocenters. The summed E-state index contributed by atoms with van der Waals surface area (Å²) in [6.07, 6.45) is 2.59. The molecule has 1 aromatic carbocycles. The highest BCUT2D eigenvalue weighted by atomic mass is 15.4. The summed E-state index contributed by atoms with van der Waals surface area (Å²) in [4.78, 5) is 0. The normalized spacial score (nSPS) is 14.6. The molecule has 2 rings (SSSR count). The molecule has 0 aliphatic heterocycles. The van der Waals surface area contributed by atoms with Crippen LogP contribution in [0.5, 0.6) is 0 Å². The lowest BCUT2D eigenvalue weighted by molar-refractivity contribution is 0.482. The van der Waals surface area contributed by atoms with Crippen molar-refractivity contribution < 1.29 is 0 Å². The predicted molar refractivity (Wildman–Crippen MR) is 67.4 cm³/mol. The van der Waals surface area contributed by atoms with Crippen molar-refractivity contribution in [3.8, 4) is 0 Å². The van der Waals surface area contributed by atoms with Gasteiger partial charge < -0.3 is 5.73 Å². The van der Waals surface area contributed by atoms with Gasteiger partial charge in [0.15, 0.2) is 0 Å². The van der Waals surface area contributed by atoms with Crippen molar-refractivity contribution in [2.45, 2.75) is 25.8 Å². The fourth-order valence-electron chi connectivity index (χ4n) is 2.16. The lowest BCUT2D eigenvalue weighted by Gasteiger charge is -2.26. The largest absolute Gasteiger partial charge is 0.321 e. The zero-order chi connectivity index (χ0) is 12.5. The molecule has 0 aliphatic carbocycles. The Morgan fingerprint density at radius 3 is 2.65 bits per heavy atom. The first-order valence-corrected chi connectivity index (χ1v) is 5.69. The first-order valence-electron chi connectivity index (χ1n) is 5.69. The molecular weight excluding hydrogens is 212 g/mol. The van der Waals surface area contributed by atoms with Crippen LogP contribution in [0.25, 0.3) is 0 Å². The second-order valence-corrected chi connectivity index (χ2v) is 4.79. The van der Waals surface area contributed by atoms with Gasteiger partial charge in [0.25, 0.3) is 0 Å². The molecule has 0 aliphatic rings. The highest BCUT2D eigenvalue weighted by molar-refractivity contribution is 5.32. The molecule has 17 heavy (non-hydrogen) atoms. The topological polar surface area (TPSA) is 56.7 Å². The van der Waals surface area contributed by atoms with Gasteiger partial charge in [-0.25, -0.2) is 0 Å². The molecule has 0 fully saturated rings. The zero-order valence-corrected chi connectivity index (χ0v) is 10.5. The molecule has 4 nitrogen and oxygen atoms in total. The third-order valence-electron chi connectivity index (χ3n) is 2.96. The molecule has 1 aromatic heterocycles. The van der Waals surface area contributed by atoms with E-state index in [1.807, 2.05) is 32.3 Å². The summed E-state index contributed by atoms with van der Waals surface area (Å²) in [5, 5.41) is 8.02. The van der Waals surface area contributed by atoms with Crippen LogP contribution in [-0.4, -0.2) is 15.0 Å². The van der Waals surface area contributed by atoms with Crippen LogP contribution in [0.1, 0.15) is 23.7 Å². The molecule has 0 amide bonds. The summed E-state index contributed by atoms with van der Waals surface area (Å²) in [6.45, 7) is 4.11.